The first-order valence-corrected chi connectivity index (χ1v) is 10.3. The lowest BCUT2D eigenvalue weighted by Crippen LogP contribution is -2.67. The third-order valence-corrected chi connectivity index (χ3v) is 6.00. The maximum Gasteiger partial charge on any atom is 0.315 e. The number of rotatable bonds is 6. The Hall–Kier alpha value is -2.33. The minimum atomic E-state index is -0.788. The fourth-order valence-corrected chi connectivity index (χ4v) is 4.49. The molecule has 0 spiro atoms. The molecular weight excluding hydrogens is 388 g/mol. The van der Waals surface area contributed by atoms with Crippen molar-refractivity contribution in [3.05, 3.63) is 36.9 Å². The average molecular weight is 418 g/mol. The van der Waals surface area contributed by atoms with Crippen molar-refractivity contribution < 1.29 is 24.1 Å². The van der Waals surface area contributed by atoms with E-state index in [0.717, 1.165) is 37.6 Å². The van der Waals surface area contributed by atoms with E-state index >= 15 is 0 Å². The Morgan fingerprint density at radius 2 is 2.10 bits per heavy atom. The van der Waals surface area contributed by atoms with Crippen molar-refractivity contribution in [2.24, 2.45) is 0 Å². The van der Waals surface area contributed by atoms with Gasteiger partial charge in [-0.25, -0.2) is 4.79 Å². The van der Waals surface area contributed by atoms with Gasteiger partial charge < -0.3 is 34.9 Å². The van der Waals surface area contributed by atoms with E-state index in [-0.39, 0.29) is 18.2 Å². The SMILES string of the molecule is C=CCNC(=O)N[C@H]1[C@H](O)[C@@H](N2CCN(c3ccccc3OC)CC2)[C@@H]2OC[C@H]1O2. The van der Waals surface area contributed by atoms with Gasteiger partial charge in [0.25, 0.3) is 0 Å². The zero-order chi connectivity index (χ0) is 21.1. The fourth-order valence-electron chi connectivity index (χ4n) is 4.49. The average Bonchev–Trinajstić information content (AvgIpc) is 3.21. The lowest BCUT2D eigenvalue weighted by molar-refractivity contribution is -0.181. The van der Waals surface area contributed by atoms with Crippen molar-refractivity contribution >= 4 is 11.7 Å². The summed E-state index contributed by atoms with van der Waals surface area (Å²) in [6.45, 7) is 7.35. The first-order valence-electron chi connectivity index (χ1n) is 10.3. The van der Waals surface area contributed by atoms with E-state index < -0.39 is 18.4 Å². The Morgan fingerprint density at radius 1 is 1.33 bits per heavy atom. The Kier molecular flexibility index (Phi) is 6.43. The number of nitrogens with zero attached hydrogens (tertiary/aromatic N) is 2. The summed E-state index contributed by atoms with van der Waals surface area (Å²) < 4.78 is 17.3. The van der Waals surface area contributed by atoms with Gasteiger partial charge in [-0.3, -0.25) is 4.90 Å². The number of ether oxygens (including phenoxy) is 3. The number of carbonyl (C=O) groups is 1. The summed E-state index contributed by atoms with van der Waals surface area (Å²) in [6.07, 6.45) is -0.0298. The molecule has 0 aromatic heterocycles. The van der Waals surface area contributed by atoms with Crippen LogP contribution in [0.2, 0.25) is 0 Å². The maximum atomic E-state index is 12.1. The molecule has 9 nitrogen and oxygen atoms in total. The minimum absolute atomic E-state index is 0.340. The van der Waals surface area contributed by atoms with Gasteiger partial charge in [-0.2, -0.15) is 0 Å². The van der Waals surface area contributed by atoms with Gasteiger partial charge in [0, 0.05) is 32.7 Å². The molecule has 9 heteroatoms. The summed E-state index contributed by atoms with van der Waals surface area (Å²) >= 11 is 0. The third-order valence-electron chi connectivity index (χ3n) is 6.00. The Labute approximate surface area is 176 Å². The van der Waals surface area contributed by atoms with Crippen molar-refractivity contribution in [2.45, 2.75) is 30.6 Å². The second-order valence-corrected chi connectivity index (χ2v) is 7.72. The molecule has 5 atom stereocenters. The zero-order valence-electron chi connectivity index (χ0n) is 17.2. The molecule has 3 N–H and O–H groups in total. The highest BCUT2D eigenvalue weighted by molar-refractivity contribution is 5.74. The number of carbonyl (C=O) groups excluding carboxylic acids is 1. The summed E-state index contributed by atoms with van der Waals surface area (Å²) in [6, 6.07) is 6.75. The Balaban J connectivity index is 1.41. The van der Waals surface area contributed by atoms with E-state index in [4.69, 9.17) is 14.2 Å². The molecule has 0 aliphatic carbocycles. The highest BCUT2D eigenvalue weighted by Crippen LogP contribution is 2.33. The first kappa shape index (κ1) is 20.9. The largest absolute Gasteiger partial charge is 0.495 e. The van der Waals surface area contributed by atoms with Crippen LogP contribution in [-0.4, -0.2) is 93.1 Å². The van der Waals surface area contributed by atoms with Gasteiger partial charge in [-0.05, 0) is 12.1 Å². The number of nitrogens with one attached hydrogen (secondary N) is 2. The van der Waals surface area contributed by atoms with Crippen LogP contribution in [0.5, 0.6) is 5.75 Å². The zero-order valence-corrected chi connectivity index (χ0v) is 17.2. The van der Waals surface area contributed by atoms with Crippen LogP contribution >= 0.6 is 0 Å². The minimum Gasteiger partial charge on any atom is -0.495 e. The van der Waals surface area contributed by atoms with Gasteiger partial charge in [0.2, 0.25) is 0 Å². The van der Waals surface area contributed by atoms with Crippen molar-refractivity contribution in [2.75, 3.05) is 51.3 Å². The molecule has 164 valence electrons. The lowest BCUT2D eigenvalue weighted by Gasteiger charge is -2.47. The van der Waals surface area contributed by atoms with Gasteiger partial charge in [-0.15, -0.1) is 6.58 Å². The van der Waals surface area contributed by atoms with Crippen LogP contribution in [0.3, 0.4) is 0 Å². The predicted molar refractivity (Wildman–Crippen MR) is 112 cm³/mol. The van der Waals surface area contributed by atoms with Crippen molar-refractivity contribution in [1.82, 2.24) is 15.5 Å². The molecule has 2 amide bonds. The molecule has 2 bridgehead atoms. The van der Waals surface area contributed by atoms with Gasteiger partial charge in [0.1, 0.15) is 11.9 Å². The highest BCUT2D eigenvalue weighted by atomic mass is 16.7. The van der Waals surface area contributed by atoms with Gasteiger partial charge >= 0.3 is 6.03 Å². The Morgan fingerprint density at radius 3 is 2.83 bits per heavy atom. The number of urea groups is 1. The maximum absolute atomic E-state index is 12.1. The van der Waals surface area contributed by atoms with E-state index in [1.54, 1.807) is 13.2 Å². The van der Waals surface area contributed by atoms with E-state index in [2.05, 4.69) is 33.1 Å². The smallest absolute Gasteiger partial charge is 0.315 e. The number of fused-ring (bicyclic) bond motifs is 2. The lowest BCUT2D eigenvalue weighted by atomic mass is 9.94. The summed E-state index contributed by atoms with van der Waals surface area (Å²) in [5, 5.41) is 16.6. The summed E-state index contributed by atoms with van der Waals surface area (Å²) in [7, 11) is 1.68. The number of hydrogen-bond acceptors (Lipinski definition) is 7. The summed E-state index contributed by atoms with van der Waals surface area (Å²) in [5.74, 6) is 0.851. The van der Waals surface area contributed by atoms with Crippen molar-refractivity contribution in [3.8, 4) is 5.75 Å². The molecule has 1 aromatic carbocycles. The molecule has 0 unspecified atom stereocenters. The molecule has 3 aliphatic heterocycles. The number of piperazine rings is 1. The van der Waals surface area contributed by atoms with Gasteiger partial charge in [0.05, 0.1) is 37.6 Å². The number of para-hydroxylation sites is 2. The first-order chi connectivity index (χ1) is 14.6. The third kappa shape index (κ3) is 4.11. The van der Waals surface area contributed by atoms with E-state index in [0.29, 0.717) is 13.2 Å². The van der Waals surface area contributed by atoms with E-state index in [1.807, 2.05) is 18.2 Å². The topological polar surface area (TPSA) is 95.5 Å². The number of aliphatic hydroxyl groups excluding tert-OH is 1. The highest BCUT2D eigenvalue weighted by Gasteiger charge is 2.52. The van der Waals surface area contributed by atoms with Crippen LogP contribution < -0.4 is 20.3 Å². The molecule has 30 heavy (non-hydrogen) atoms. The quantitative estimate of drug-likeness (QED) is 0.567. The molecule has 3 heterocycles. The molecule has 4 rings (SSSR count). The number of hydrogen-bond donors (Lipinski definition) is 3. The molecule has 1 aromatic rings. The van der Waals surface area contributed by atoms with Crippen molar-refractivity contribution in [1.29, 1.82) is 0 Å². The number of methoxy groups -OCH3 is 1. The second-order valence-electron chi connectivity index (χ2n) is 7.72. The number of anilines is 1. The normalized spacial score (nSPS) is 31.3. The number of amides is 2. The monoisotopic (exact) mass is 418 g/mol. The van der Waals surface area contributed by atoms with Crippen LogP contribution in [0.25, 0.3) is 0 Å². The second kappa shape index (κ2) is 9.22. The molecular formula is C21H30N4O5. The van der Waals surface area contributed by atoms with Crippen molar-refractivity contribution in [3.63, 3.8) is 0 Å². The Bertz CT molecular complexity index is 755. The number of aliphatic hydroxyl groups is 1. The molecule has 3 fully saturated rings. The fraction of sp³-hybridized carbons (Fsp3) is 0.571. The van der Waals surface area contributed by atoms with E-state index in [1.165, 1.54) is 0 Å². The van der Waals surface area contributed by atoms with Gasteiger partial charge in [0.15, 0.2) is 6.29 Å². The predicted octanol–water partition coefficient (Wildman–Crippen LogP) is 0.156. The van der Waals surface area contributed by atoms with Crippen LogP contribution in [-0.2, 0) is 9.47 Å². The number of benzene rings is 1. The molecule has 0 saturated carbocycles. The van der Waals surface area contributed by atoms with Crippen LogP contribution in [0, 0.1) is 0 Å². The van der Waals surface area contributed by atoms with Crippen LogP contribution in [0.15, 0.2) is 36.9 Å². The summed E-state index contributed by atoms with van der Waals surface area (Å²) in [4.78, 5) is 16.6. The van der Waals surface area contributed by atoms with Gasteiger partial charge in [-0.1, -0.05) is 18.2 Å². The molecule has 3 aliphatic rings. The molecule has 3 saturated heterocycles. The summed E-state index contributed by atoms with van der Waals surface area (Å²) in [5.41, 5.74) is 1.07. The van der Waals surface area contributed by atoms with Crippen LogP contribution in [0.1, 0.15) is 0 Å². The molecule has 0 radical (unpaired) electrons. The van der Waals surface area contributed by atoms with Crippen LogP contribution in [0.4, 0.5) is 10.5 Å². The standard InChI is InChI=1S/C21H30N4O5/c1-3-8-22-21(27)23-17-16-13-29-20(30-16)18(19(17)26)25-11-9-24(10-12-25)14-6-4-5-7-15(14)28-2/h3-7,16-20,26H,1,8-13H2,2H3,(H2,22,23,27)/t16-,17-,18-,19+,20-/m1/s1. The van der Waals surface area contributed by atoms with E-state index in [9.17, 15) is 9.90 Å².